The molecule has 4 nitrogen and oxygen atoms in total. The summed E-state index contributed by atoms with van der Waals surface area (Å²) in [5.74, 6) is -0.564. The minimum Gasteiger partial charge on any atom is -0.459 e. The zero-order chi connectivity index (χ0) is 13.5. The molecule has 0 unspecified atom stereocenters. The number of carbonyl (C=O) groups is 2. The van der Waals surface area contributed by atoms with Gasteiger partial charge in [0.25, 0.3) is 0 Å². The molecule has 1 amide bonds. The van der Waals surface area contributed by atoms with Crippen LogP contribution in [0.3, 0.4) is 0 Å². The van der Waals surface area contributed by atoms with Crippen LogP contribution in [-0.4, -0.2) is 18.0 Å². The van der Waals surface area contributed by atoms with E-state index < -0.39 is 0 Å². The second kappa shape index (κ2) is 6.59. The molecule has 1 rings (SSSR count). The molecule has 0 aliphatic carbocycles. The van der Waals surface area contributed by atoms with Gasteiger partial charge in [-0.15, -0.1) is 0 Å². The predicted molar refractivity (Wildman–Crippen MR) is 70.4 cm³/mol. The van der Waals surface area contributed by atoms with Crippen LogP contribution in [0.25, 0.3) is 0 Å². The summed E-state index contributed by atoms with van der Waals surface area (Å²) in [6.45, 7) is 5.36. The van der Waals surface area contributed by atoms with Gasteiger partial charge in [0.2, 0.25) is 5.91 Å². The molecule has 0 aliphatic heterocycles. The molecule has 0 bridgehead atoms. The second-order valence-electron chi connectivity index (χ2n) is 4.02. The predicted octanol–water partition coefficient (Wildman–Crippen LogP) is 2.77. The van der Waals surface area contributed by atoms with E-state index in [1.54, 1.807) is 51.1 Å². The third kappa shape index (κ3) is 4.41. The number of rotatable bonds is 4. The van der Waals surface area contributed by atoms with Gasteiger partial charge in [0.05, 0.1) is 11.7 Å². The molecular formula is C14H17NO3. The molecule has 0 atom stereocenters. The van der Waals surface area contributed by atoms with Crippen molar-refractivity contribution in [3.63, 3.8) is 0 Å². The first kappa shape index (κ1) is 14.0. The Balaban J connectivity index is 2.68. The second-order valence-corrected chi connectivity index (χ2v) is 4.02. The van der Waals surface area contributed by atoms with E-state index in [9.17, 15) is 9.59 Å². The SMILES string of the molecule is C/C=C/C(=O)Nc1ccc(C(=O)OC(C)C)cc1. The largest absolute Gasteiger partial charge is 0.459 e. The fourth-order valence-corrected chi connectivity index (χ4v) is 1.31. The Morgan fingerprint density at radius 1 is 1.22 bits per heavy atom. The van der Waals surface area contributed by atoms with E-state index in [2.05, 4.69) is 5.32 Å². The van der Waals surface area contributed by atoms with E-state index >= 15 is 0 Å². The standard InChI is InChI=1S/C14H17NO3/c1-4-5-13(16)15-12-8-6-11(7-9-12)14(17)18-10(2)3/h4-10H,1-3H3,(H,15,16)/b5-4+. The lowest BCUT2D eigenvalue weighted by atomic mass is 10.2. The van der Waals surface area contributed by atoms with Crippen LogP contribution in [-0.2, 0) is 9.53 Å². The average Bonchev–Trinajstić information content (AvgIpc) is 2.29. The van der Waals surface area contributed by atoms with E-state index in [1.165, 1.54) is 6.08 Å². The van der Waals surface area contributed by atoms with Gasteiger partial charge in [-0.1, -0.05) is 6.08 Å². The molecule has 0 saturated heterocycles. The van der Waals surface area contributed by atoms with Crippen LogP contribution in [0.5, 0.6) is 0 Å². The first-order valence-corrected chi connectivity index (χ1v) is 5.77. The van der Waals surface area contributed by atoms with E-state index in [-0.39, 0.29) is 18.0 Å². The van der Waals surface area contributed by atoms with Crippen molar-refractivity contribution in [2.45, 2.75) is 26.9 Å². The maximum Gasteiger partial charge on any atom is 0.338 e. The van der Waals surface area contributed by atoms with E-state index in [0.29, 0.717) is 11.3 Å². The van der Waals surface area contributed by atoms with Gasteiger partial charge < -0.3 is 10.1 Å². The van der Waals surface area contributed by atoms with Gasteiger partial charge >= 0.3 is 5.97 Å². The van der Waals surface area contributed by atoms with Crippen molar-refractivity contribution in [2.24, 2.45) is 0 Å². The zero-order valence-electron chi connectivity index (χ0n) is 10.8. The lowest BCUT2D eigenvalue weighted by Crippen LogP contribution is -2.12. The zero-order valence-corrected chi connectivity index (χ0v) is 10.8. The number of ether oxygens (including phenoxy) is 1. The molecular weight excluding hydrogens is 230 g/mol. The molecule has 0 fully saturated rings. The van der Waals surface area contributed by atoms with Gasteiger partial charge in [-0.3, -0.25) is 4.79 Å². The molecule has 0 heterocycles. The van der Waals surface area contributed by atoms with Crippen molar-refractivity contribution < 1.29 is 14.3 Å². The van der Waals surface area contributed by atoms with E-state index in [0.717, 1.165) is 0 Å². The molecule has 0 aromatic heterocycles. The van der Waals surface area contributed by atoms with Crippen molar-refractivity contribution >= 4 is 17.6 Å². The highest BCUT2D eigenvalue weighted by Gasteiger charge is 2.08. The fourth-order valence-electron chi connectivity index (χ4n) is 1.31. The summed E-state index contributed by atoms with van der Waals surface area (Å²) >= 11 is 0. The highest BCUT2D eigenvalue weighted by Crippen LogP contribution is 2.11. The number of hydrogen-bond donors (Lipinski definition) is 1. The van der Waals surface area contributed by atoms with Crippen molar-refractivity contribution in [1.82, 2.24) is 0 Å². The van der Waals surface area contributed by atoms with Crippen LogP contribution in [0.1, 0.15) is 31.1 Å². The first-order chi connectivity index (χ1) is 8.52. The van der Waals surface area contributed by atoms with Gasteiger partial charge in [-0.05, 0) is 51.1 Å². The monoisotopic (exact) mass is 247 g/mol. The van der Waals surface area contributed by atoms with Gasteiger partial charge in [-0.25, -0.2) is 4.79 Å². The molecule has 1 aromatic rings. The number of anilines is 1. The highest BCUT2D eigenvalue weighted by molar-refractivity contribution is 5.99. The van der Waals surface area contributed by atoms with Crippen molar-refractivity contribution in [3.8, 4) is 0 Å². The fraction of sp³-hybridized carbons (Fsp3) is 0.286. The Kier molecular flexibility index (Phi) is 5.11. The maximum absolute atomic E-state index is 11.6. The topological polar surface area (TPSA) is 55.4 Å². The number of hydrogen-bond acceptors (Lipinski definition) is 3. The first-order valence-electron chi connectivity index (χ1n) is 5.77. The summed E-state index contributed by atoms with van der Waals surface area (Å²) in [6.07, 6.45) is 2.94. The Morgan fingerprint density at radius 3 is 2.33 bits per heavy atom. The Bertz CT molecular complexity index is 447. The highest BCUT2D eigenvalue weighted by atomic mass is 16.5. The summed E-state index contributed by atoms with van der Waals surface area (Å²) in [7, 11) is 0. The molecule has 0 spiro atoms. The van der Waals surface area contributed by atoms with E-state index in [4.69, 9.17) is 4.74 Å². The van der Waals surface area contributed by atoms with Gasteiger partial charge in [0.15, 0.2) is 0 Å². The Hall–Kier alpha value is -2.10. The lowest BCUT2D eigenvalue weighted by Gasteiger charge is -2.08. The van der Waals surface area contributed by atoms with Crippen LogP contribution in [0.4, 0.5) is 5.69 Å². The lowest BCUT2D eigenvalue weighted by molar-refractivity contribution is -0.111. The van der Waals surface area contributed by atoms with Crippen molar-refractivity contribution in [2.75, 3.05) is 5.32 Å². The quantitative estimate of drug-likeness (QED) is 0.657. The molecule has 0 saturated carbocycles. The van der Waals surface area contributed by atoms with Crippen LogP contribution < -0.4 is 5.32 Å². The minimum atomic E-state index is -0.365. The number of allylic oxidation sites excluding steroid dienone is 1. The molecule has 4 heteroatoms. The maximum atomic E-state index is 11.6. The smallest absolute Gasteiger partial charge is 0.338 e. The third-order valence-corrected chi connectivity index (χ3v) is 2.05. The number of esters is 1. The molecule has 0 aliphatic rings. The summed E-state index contributed by atoms with van der Waals surface area (Å²) in [6, 6.07) is 6.57. The van der Waals surface area contributed by atoms with Crippen LogP contribution >= 0.6 is 0 Å². The van der Waals surface area contributed by atoms with Crippen molar-refractivity contribution in [3.05, 3.63) is 42.0 Å². The van der Waals surface area contributed by atoms with Gasteiger partial charge in [-0.2, -0.15) is 0 Å². The van der Waals surface area contributed by atoms with Gasteiger partial charge in [0.1, 0.15) is 0 Å². The minimum absolute atomic E-state index is 0.147. The Labute approximate surface area is 107 Å². The molecule has 1 N–H and O–H groups in total. The van der Waals surface area contributed by atoms with Crippen LogP contribution in [0.15, 0.2) is 36.4 Å². The summed E-state index contributed by atoms with van der Waals surface area (Å²) in [5, 5.41) is 2.67. The van der Waals surface area contributed by atoms with Crippen molar-refractivity contribution in [1.29, 1.82) is 0 Å². The normalized spacial score (nSPS) is 10.7. The van der Waals surface area contributed by atoms with Crippen LogP contribution in [0, 0.1) is 0 Å². The van der Waals surface area contributed by atoms with Gasteiger partial charge in [0, 0.05) is 5.69 Å². The van der Waals surface area contributed by atoms with Crippen LogP contribution in [0.2, 0.25) is 0 Å². The number of benzene rings is 1. The molecule has 0 radical (unpaired) electrons. The summed E-state index contributed by atoms with van der Waals surface area (Å²) in [5.41, 5.74) is 1.10. The third-order valence-electron chi connectivity index (χ3n) is 2.05. The molecule has 96 valence electrons. The molecule has 1 aromatic carbocycles. The Morgan fingerprint density at radius 2 is 1.83 bits per heavy atom. The number of carbonyl (C=O) groups excluding carboxylic acids is 2. The van der Waals surface area contributed by atoms with E-state index in [1.807, 2.05) is 0 Å². The summed E-state index contributed by atoms with van der Waals surface area (Å²) < 4.78 is 5.06. The molecule has 18 heavy (non-hydrogen) atoms. The number of nitrogens with one attached hydrogen (secondary N) is 1. The number of amides is 1. The summed E-state index contributed by atoms with van der Waals surface area (Å²) in [4.78, 5) is 22.9. The average molecular weight is 247 g/mol.